The molecule has 0 fully saturated rings. The highest BCUT2D eigenvalue weighted by molar-refractivity contribution is 9.10. The van der Waals surface area contributed by atoms with Gasteiger partial charge in [0, 0.05) is 26.2 Å². The summed E-state index contributed by atoms with van der Waals surface area (Å²) in [6, 6.07) is 0. The molecule has 0 saturated carbocycles. The fourth-order valence-electron chi connectivity index (χ4n) is 1.96. The summed E-state index contributed by atoms with van der Waals surface area (Å²) < 4.78 is 8.96. The third-order valence-electron chi connectivity index (χ3n) is 3.15. The molecule has 0 spiro atoms. The monoisotopic (exact) mass is 383 g/mol. The van der Waals surface area contributed by atoms with E-state index in [2.05, 4.69) is 31.4 Å². The largest absolute Gasteiger partial charge is 0.462 e. The molecule has 0 atom stereocenters. The van der Waals surface area contributed by atoms with Crippen LogP contribution in [0.4, 0.5) is 5.82 Å². The Kier molecular flexibility index (Phi) is 5.54. The molecule has 1 N–H and O–H groups in total. The SMILES string of the molecule is CCOC(=O)c1cnn(C)c1NC(=O)CCn1cc(Br)c(C)n1. The summed E-state index contributed by atoms with van der Waals surface area (Å²) in [6.45, 7) is 4.29. The first-order valence-electron chi connectivity index (χ1n) is 7.11. The van der Waals surface area contributed by atoms with Crippen molar-refractivity contribution in [1.29, 1.82) is 0 Å². The number of amides is 1. The smallest absolute Gasteiger partial charge is 0.343 e. The van der Waals surface area contributed by atoms with E-state index in [-0.39, 0.29) is 24.5 Å². The van der Waals surface area contributed by atoms with E-state index in [1.807, 2.05) is 13.1 Å². The lowest BCUT2D eigenvalue weighted by Crippen LogP contribution is -2.19. The molecule has 23 heavy (non-hydrogen) atoms. The van der Waals surface area contributed by atoms with E-state index >= 15 is 0 Å². The van der Waals surface area contributed by atoms with Gasteiger partial charge in [0.15, 0.2) is 0 Å². The number of hydrogen-bond acceptors (Lipinski definition) is 5. The van der Waals surface area contributed by atoms with Gasteiger partial charge in [0.05, 0.1) is 23.0 Å². The van der Waals surface area contributed by atoms with Crippen LogP contribution in [0.15, 0.2) is 16.9 Å². The molecule has 0 aromatic carbocycles. The molecule has 0 aliphatic carbocycles. The second kappa shape index (κ2) is 7.40. The Hall–Kier alpha value is -2.16. The first kappa shape index (κ1) is 17.2. The summed E-state index contributed by atoms with van der Waals surface area (Å²) in [5, 5.41) is 10.9. The van der Waals surface area contributed by atoms with E-state index in [1.54, 1.807) is 18.7 Å². The Morgan fingerprint density at radius 2 is 2.17 bits per heavy atom. The second-order valence-electron chi connectivity index (χ2n) is 4.87. The van der Waals surface area contributed by atoms with Crippen LogP contribution in [0.3, 0.4) is 0 Å². The number of anilines is 1. The van der Waals surface area contributed by atoms with Crippen LogP contribution < -0.4 is 5.32 Å². The van der Waals surface area contributed by atoms with Gasteiger partial charge < -0.3 is 10.1 Å². The number of carbonyl (C=O) groups is 2. The topological polar surface area (TPSA) is 91.0 Å². The lowest BCUT2D eigenvalue weighted by molar-refractivity contribution is -0.116. The van der Waals surface area contributed by atoms with Crippen LogP contribution in [0.5, 0.6) is 0 Å². The van der Waals surface area contributed by atoms with Gasteiger partial charge in [-0.1, -0.05) is 0 Å². The van der Waals surface area contributed by atoms with E-state index in [0.717, 1.165) is 10.2 Å². The maximum Gasteiger partial charge on any atom is 0.343 e. The van der Waals surface area contributed by atoms with Crippen molar-refractivity contribution in [2.75, 3.05) is 11.9 Å². The quantitative estimate of drug-likeness (QED) is 0.769. The lowest BCUT2D eigenvalue weighted by atomic mass is 10.3. The van der Waals surface area contributed by atoms with E-state index in [0.29, 0.717) is 12.4 Å². The van der Waals surface area contributed by atoms with Crippen molar-refractivity contribution in [2.24, 2.45) is 7.05 Å². The number of esters is 1. The Labute approximate surface area is 141 Å². The molecular formula is C14H18BrN5O3. The fourth-order valence-corrected chi connectivity index (χ4v) is 2.28. The van der Waals surface area contributed by atoms with Crippen molar-refractivity contribution in [3.05, 3.63) is 28.1 Å². The molecule has 0 radical (unpaired) electrons. The molecule has 0 bridgehead atoms. The number of ether oxygens (including phenoxy) is 1. The van der Waals surface area contributed by atoms with Crippen LogP contribution in [0.2, 0.25) is 0 Å². The zero-order valence-corrected chi connectivity index (χ0v) is 14.8. The number of rotatable bonds is 6. The summed E-state index contributed by atoms with van der Waals surface area (Å²) in [4.78, 5) is 23.9. The Bertz CT molecular complexity index is 703. The minimum Gasteiger partial charge on any atom is -0.462 e. The molecule has 2 rings (SSSR count). The van der Waals surface area contributed by atoms with Crippen LogP contribution in [0, 0.1) is 6.92 Å². The van der Waals surface area contributed by atoms with Gasteiger partial charge in [-0.05, 0) is 29.8 Å². The highest BCUT2D eigenvalue weighted by atomic mass is 79.9. The maximum absolute atomic E-state index is 12.1. The van der Waals surface area contributed by atoms with Gasteiger partial charge in [0.2, 0.25) is 5.91 Å². The summed E-state index contributed by atoms with van der Waals surface area (Å²) in [5.41, 5.74) is 1.10. The maximum atomic E-state index is 12.1. The average Bonchev–Trinajstić information content (AvgIpc) is 3.01. The molecule has 2 aromatic heterocycles. The molecule has 0 aliphatic rings. The van der Waals surface area contributed by atoms with E-state index in [4.69, 9.17) is 4.74 Å². The van der Waals surface area contributed by atoms with Crippen molar-refractivity contribution in [2.45, 2.75) is 26.8 Å². The number of aromatic nitrogens is 4. The zero-order chi connectivity index (χ0) is 17.0. The number of carbonyl (C=O) groups excluding carboxylic acids is 2. The van der Waals surface area contributed by atoms with Crippen molar-refractivity contribution >= 4 is 33.6 Å². The Morgan fingerprint density at radius 1 is 1.43 bits per heavy atom. The minimum atomic E-state index is -0.512. The normalized spacial score (nSPS) is 10.6. The van der Waals surface area contributed by atoms with Gasteiger partial charge in [-0.3, -0.25) is 14.2 Å². The third-order valence-corrected chi connectivity index (χ3v) is 3.92. The number of nitrogens with zero attached hydrogens (tertiary/aromatic N) is 4. The van der Waals surface area contributed by atoms with Crippen LogP contribution >= 0.6 is 15.9 Å². The number of hydrogen-bond donors (Lipinski definition) is 1. The van der Waals surface area contributed by atoms with Gasteiger partial charge in [-0.2, -0.15) is 10.2 Å². The Morgan fingerprint density at radius 3 is 2.78 bits per heavy atom. The van der Waals surface area contributed by atoms with Gasteiger partial charge in [-0.15, -0.1) is 0 Å². The fraction of sp³-hybridized carbons (Fsp3) is 0.429. The molecule has 9 heteroatoms. The summed E-state index contributed by atoms with van der Waals surface area (Å²) in [7, 11) is 1.65. The average molecular weight is 384 g/mol. The molecule has 8 nitrogen and oxygen atoms in total. The van der Waals surface area contributed by atoms with Crippen LogP contribution in [-0.2, 0) is 23.1 Å². The predicted octanol–water partition coefficient (Wildman–Crippen LogP) is 1.89. The van der Waals surface area contributed by atoms with Gasteiger partial charge in [0.1, 0.15) is 11.4 Å². The van der Waals surface area contributed by atoms with Gasteiger partial charge in [0.25, 0.3) is 0 Å². The van der Waals surface area contributed by atoms with Crippen molar-refractivity contribution in [3.8, 4) is 0 Å². The van der Waals surface area contributed by atoms with Crippen molar-refractivity contribution < 1.29 is 14.3 Å². The first-order valence-corrected chi connectivity index (χ1v) is 7.90. The number of halogens is 1. The van der Waals surface area contributed by atoms with E-state index < -0.39 is 5.97 Å². The summed E-state index contributed by atoms with van der Waals surface area (Å²) in [6.07, 6.45) is 3.42. The first-order chi connectivity index (χ1) is 10.9. The molecule has 1 amide bonds. The third kappa shape index (κ3) is 4.19. The highest BCUT2D eigenvalue weighted by Crippen LogP contribution is 2.16. The molecule has 2 aromatic rings. The highest BCUT2D eigenvalue weighted by Gasteiger charge is 2.19. The van der Waals surface area contributed by atoms with Crippen LogP contribution in [-0.4, -0.2) is 38.0 Å². The standard InChI is InChI=1S/C14H18BrN5O3/c1-4-23-14(22)10-7-16-19(3)13(10)17-12(21)5-6-20-8-11(15)9(2)18-20/h7-8H,4-6H2,1-3H3,(H,17,21). The second-order valence-corrected chi connectivity index (χ2v) is 5.73. The lowest BCUT2D eigenvalue weighted by Gasteiger charge is -2.08. The Balaban J connectivity index is 2.00. The molecule has 0 unspecified atom stereocenters. The predicted molar refractivity (Wildman–Crippen MR) is 87.1 cm³/mol. The number of nitrogens with one attached hydrogen (secondary N) is 1. The minimum absolute atomic E-state index is 0.223. The molecule has 0 saturated heterocycles. The van der Waals surface area contributed by atoms with Crippen molar-refractivity contribution in [1.82, 2.24) is 19.6 Å². The van der Waals surface area contributed by atoms with Crippen LogP contribution in [0.1, 0.15) is 29.4 Å². The van der Waals surface area contributed by atoms with Crippen molar-refractivity contribution in [3.63, 3.8) is 0 Å². The van der Waals surface area contributed by atoms with Gasteiger partial charge in [-0.25, -0.2) is 4.79 Å². The number of aryl methyl sites for hydroxylation is 3. The molecule has 124 valence electrons. The molecule has 0 aliphatic heterocycles. The summed E-state index contributed by atoms with van der Waals surface area (Å²) >= 11 is 3.37. The van der Waals surface area contributed by atoms with Gasteiger partial charge >= 0.3 is 5.97 Å². The zero-order valence-electron chi connectivity index (χ0n) is 13.2. The van der Waals surface area contributed by atoms with E-state index in [9.17, 15) is 9.59 Å². The summed E-state index contributed by atoms with van der Waals surface area (Å²) in [5.74, 6) is -0.419. The molecular weight excluding hydrogens is 366 g/mol. The van der Waals surface area contributed by atoms with E-state index in [1.165, 1.54) is 10.9 Å². The van der Waals surface area contributed by atoms with Crippen LogP contribution in [0.25, 0.3) is 0 Å². The molecule has 2 heterocycles.